The van der Waals surface area contributed by atoms with E-state index < -0.39 is 0 Å². The number of para-hydroxylation sites is 2. The smallest absolute Gasteiger partial charge is 0.164 e. The SMILES string of the molecule is c1ccc(-c2nc(-c3cccc(-c4cccc(-c5c6ccccc6cc6c5ccc5ccccc56)c4)c3)nc(-c3ccc4c(c3)c3ccccc3n4-c3ccccc3)n2)cc1. The van der Waals surface area contributed by atoms with Crippen LogP contribution in [0, 0.1) is 0 Å². The van der Waals surface area contributed by atoms with Crippen LogP contribution in [-0.4, -0.2) is 19.5 Å². The maximum Gasteiger partial charge on any atom is 0.164 e. The summed E-state index contributed by atoms with van der Waals surface area (Å²) >= 11 is 0. The Morgan fingerprint density at radius 3 is 1.57 bits per heavy atom. The predicted octanol–water partition coefficient (Wildman–Crippen LogP) is 14.8. The van der Waals surface area contributed by atoms with Crippen LogP contribution in [0.1, 0.15) is 0 Å². The normalized spacial score (nSPS) is 11.6. The van der Waals surface area contributed by atoms with Crippen LogP contribution < -0.4 is 0 Å². The van der Waals surface area contributed by atoms with E-state index in [1.165, 1.54) is 48.8 Å². The van der Waals surface area contributed by atoms with Gasteiger partial charge in [-0.05, 0) is 109 Å². The van der Waals surface area contributed by atoms with Gasteiger partial charge in [-0.25, -0.2) is 15.0 Å². The van der Waals surface area contributed by atoms with Gasteiger partial charge in [-0.2, -0.15) is 0 Å². The Morgan fingerprint density at radius 1 is 0.262 bits per heavy atom. The quantitative estimate of drug-likeness (QED) is 0.125. The van der Waals surface area contributed by atoms with Crippen molar-refractivity contribution in [3.63, 3.8) is 0 Å². The Kier molecular flexibility index (Phi) is 8.13. The molecule has 0 spiro atoms. The van der Waals surface area contributed by atoms with E-state index in [0.29, 0.717) is 17.5 Å². The lowest BCUT2D eigenvalue weighted by Gasteiger charge is -2.15. The van der Waals surface area contributed by atoms with Gasteiger partial charge in [0.15, 0.2) is 17.5 Å². The molecule has 0 aliphatic rings. The highest BCUT2D eigenvalue weighted by Gasteiger charge is 2.18. The highest BCUT2D eigenvalue weighted by atomic mass is 15.0. The van der Waals surface area contributed by atoms with Crippen molar-refractivity contribution in [2.24, 2.45) is 0 Å². The lowest BCUT2D eigenvalue weighted by Crippen LogP contribution is -2.00. The zero-order valence-corrected chi connectivity index (χ0v) is 33.1. The number of benzene rings is 10. The summed E-state index contributed by atoms with van der Waals surface area (Å²) in [4.78, 5) is 15.5. The highest BCUT2D eigenvalue weighted by Crippen LogP contribution is 2.41. The van der Waals surface area contributed by atoms with E-state index in [-0.39, 0.29) is 0 Å². The second-order valence-corrected chi connectivity index (χ2v) is 15.6. The molecule has 10 aromatic carbocycles. The molecule has 0 saturated heterocycles. The van der Waals surface area contributed by atoms with Crippen molar-refractivity contribution >= 4 is 54.1 Å². The van der Waals surface area contributed by atoms with Gasteiger partial charge >= 0.3 is 0 Å². The van der Waals surface area contributed by atoms with Gasteiger partial charge in [-0.3, -0.25) is 0 Å². The molecule has 0 fully saturated rings. The lowest BCUT2D eigenvalue weighted by molar-refractivity contribution is 1.07. The fourth-order valence-corrected chi connectivity index (χ4v) is 9.14. The number of fused-ring (bicyclic) bond motifs is 7. The Labute approximate surface area is 352 Å². The predicted molar refractivity (Wildman–Crippen MR) is 254 cm³/mol. The van der Waals surface area contributed by atoms with Crippen molar-refractivity contribution < 1.29 is 0 Å². The summed E-state index contributed by atoms with van der Waals surface area (Å²) in [5, 5.41) is 9.82. The molecule has 12 aromatic rings. The molecule has 0 N–H and O–H groups in total. The van der Waals surface area contributed by atoms with Crippen LogP contribution >= 0.6 is 0 Å². The van der Waals surface area contributed by atoms with E-state index in [1.807, 2.05) is 18.2 Å². The summed E-state index contributed by atoms with van der Waals surface area (Å²) in [6.45, 7) is 0. The van der Waals surface area contributed by atoms with E-state index in [4.69, 9.17) is 15.0 Å². The molecular weight excluding hydrogens is 741 g/mol. The van der Waals surface area contributed by atoms with E-state index in [0.717, 1.165) is 49.9 Å². The first kappa shape index (κ1) is 34.8. The first-order valence-electron chi connectivity index (χ1n) is 20.7. The summed E-state index contributed by atoms with van der Waals surface area (Å²) in [6.07, 6.45) is 0. The maximum atomic E-state index is 5.22. The average molecular weight is 777 g/mol. The second-order valence-electron chi connectivity index (χ2n) is 15.6. The topological polar surface area (TPSA) is 43.6 Å². The maximum absolute atomic E-state index is 5.22. The zero-order valence-electron chi connectivity index (χ0n) is 33.1. The minimum Gasteiger partial charge on any atom is -0.309 e. The van der Waals surface area contributed by atoms with Gasteiger partial charge in [0.05, 0.1) is 11.0 Å². The number of hydrogen-bond acceptors (Lipinski definition) is 3. The van der Waals surface area contributed by atoms with E-state index in [1.54, 1.807) is 0 Å². The molecule has 0 amide bonds. The Morgan fingerprint density at radius 2 is 0.803 bits per heavy atom. The summed E-state index contributed by atoms with van der Waals surface area (Å²) in [5.74, 6) is 1.89. The summed E-state index contributed by atoms with van der Waals surface area (Å²) in [7, 11) is 0. The number of nitrogens with zero attached hydrogens (tertiary/aromatic N) is 4. The van der Waals surface area contributed by atoms with Crippen molar-refractivity contribution in [1.29, 1.82) is 0 Å². The zero-order chi connectivity index (χ0) is 40.3. The molecule has 0 aliphatic carbocycles. The number of rotatable bonds is 6. The molecule has 0 radical (unpaired) electrons. The fourth-order valence-electron chi connectivity index (χ4n) is 9.14. The van der Waals surface area contributed by atoms with Crippen molar-refractivity contribution in [2.45, 2.75) is 0 Å². The summed E-state index contributed by atoms with van der Waals surface area (Å²) < 4.78 is 2.33. The van der Waals surface area contributed by atoms with Gasteiger partial charge in [0.25, 0.3) is 0 Å². The molecule has 0 bridgehead atoms. The third-order valence-electron chi connectivity index (χ3n) is 12.0. The molecule has 2 heterocycles. The Bertz CT molecular complexity index is 3650. The van der Waals surface area contributed by atoms with Crippen LogP contribution in [0.2, 0.25) is 0 Å². The van der Waals surface area contributed by atoms with E-state index in [9.17, 15) is 0 Å². The van der Waals surface area contributed by atoms with Crippen molar-refractivity contribution in [3.8, 4) is 62.1 Å². The van der Waals surface area contributed by atoms with E-state index >= 15 is 0 Å². The summed E-state index contributed by atoms with van der Waals surface area (Å²) in [6, 6.07) is 77.7. The fraction of sp³-hybridized carbons (Fsp3) is 0. The van der Waals surface area contributed by atoms with Crippen molar-refractivity contribution in [1.82, 2.24) is 19.5 Å². The van der Waals surface area contributed by atoms with Crippen molar-refractivity contribution in [3.05, 3.63) is 218 Å². The number of aromatic nitrogens is 4. The first-order chi connectivity index (χ1) is 30.2. The van der Waals surface area contributed by atoms with E-state index in [2.05, 4.69) is 205 Å². The van der Waals surface area contributed by atoms with Crippen LogP contribution in [0.5, 0.6) is 0 Å². The van der Waals surface area contributed by atoms with Gasteiger partial charge in [0, 0.05) is 33.2 Å². The van der Waals surface area contributed by atoms with Crippen LogP contribution in [0.25, 0.3) is 116 Å². The lowest BCUT2D eigenvalue weighted by atomic mass is 9.89. The van der Waals surface area contributed by atoms with Crippen molar-refractivity contribution in [2.75, 3.05) is 0 Å². The van der Waals surface area contributed by atoms with Crippen LogP contribution in [0.3, 0.4) is 0 Å². The Hall–Kier alpha value is -8.21. The minimum atomic E-state index is 0.626. The monoisotopic (exact) mass is 776 g/mol. The van der Waals surface area contributed by atoms with Gasteiger partial charge < -0.3 is 4.57 Å². The third-order valence-corrected chi connectivity index (χ3v) is 12.0. The standard InChI is InChI=1S/C57H36N4/c1-3-16-38(17-4-1)55-58-56(60-57(59-55)44-30-32-53-51(36-44)48-27-11-12-28-52(48)61(53)45-23-5-2-6-24-45)43-22-14-20-40(34-43)39-19-13-21-42(33-39)54-47-26-10-8-18-41(47)35-50-46-25-9-7-15-37(46)29-31-49(50)54/h1-36H. The molecule has 0 saturated carbocycles. The van der Waals surface area contributed by atoms with Gasteiger partial charge in [-0.15, -0.1) is 0 Å². The summed E-state index contributed by atoms with van der Waals surface area (Å²) in [5.41, 5.74) is 10.8. The van der Waals surface area contributed by atoms with Crippen LogP contribution in [-0.2, 0) is 0 Å². The molecule has 284 valence electrons. The molecule has 4 heteroatoms. The molecule has 61 heavy (non-hydrogen) atoms. The van der Waals surface area contributed by atoms with Crippen LogP contribution in [0.15, 0.2) is 218 Å². The molecule has 2 aromatic heterocycles. The Balaban J connectivity index is 0.995. The molecule has 0 atom stereocenters. The van der Waals surface area contributed by atoms with Gasteiger partial charge in [0.2, 0.25) is 0 Å². The first-order valence-corrected chi connectivity index (χ1v) is 20.7. The van der Waals surface area contributed by atoms with Gasteiger partial charge in [-0.1, -0.05) is 164 Å². The third kappa shape index (κ3) is 5.96. The molecule has 0 unspecified atom stereocenters. The molecular formula is C57H36N4. The number of hydrogen-bond donors (Lipinski definition) is 0. The molecule has 0 aliphatic heterocycles. The highest BCUT2D eigenvalue weighted by molar-refractivity contribution is 6.20. The molecule has 12 rings (SSSR count). The average Bonchev–Trinajstić information content (AvgIpc) is 3.67. The van der Waals surface area contributed by atoms with Gasteiger partial charge in [0.1, 0.15) is 0 Å². The molecule has 4 nitrogen and oxygen atoms in total. The second kappa shape index (κ2) is 14.3. The minimum absolute atomic E-state index is 0.626. The van der Waals surface area contributed by atoms with Crippen LogP contribution in [0.4, 0.5) is 0 Å². The largest absolute Gasteiger partial charge is 0.309 e.